The van der Waals surface area contributed by atoms with Crippen LogP contribution in [0.4, 0.5) is 4.39 Å². The second-order valence-corrected chi connectivity index (χ2v) is 8.81. The van der Waals surface area contributed by atoms with E-state index in [1.807, 2.05) is 12.1 Å². The Bertz CT molecular complexity index is 441. The molecule has 1 N–H and O–H groups in total. The fourth-order valence-electron chi connectivity index (χ4n) is 2.58. The summed E-state index contributed by atoms with van der Waals surface area (Å²) in [7, 11) is 0. The van der Waals surface area contributed by atoms with Gasteiger partial charge in [0, 0.05) is 27.5 Å². The van der Waals surface area contributed by atoms with E-state index in [0.29, 0.717) is 21.8 Å². The zero-order chi connectivity index (χ0) is 15.2. The highest BCUT2D eigenvalue weighted by atomic mass is 32.2. The summed E-state index contributed by atoms with van der Waals surface area (Å²) in [5.41, 5.74) is 0.836. The van der Waals surface area contributed by atoms with Crippen LogP contribution in [0.1, 0.15) is 32.8 Å². The minimum absolute atomic E-state index is 0.0734. The van der Waals surface area contributed by atoms with Gasteiger partial charge in [0.1, 0.15) is 5.82 Å². The molecular formula is C17H26FNS2. The van der Waals surface area contributed by atoms with Gasteiger partial charge in [0.05, 0.1) is 0 Å². The van der Waals surface area contributed by atoms with E-state index in [4.69, 9.17) is 0 Å². The van der Waals surface area contributed by atoms with E-state index in [1.165, 1.54) is 0 Å². The van der Waals surface area contributed by atoms with Crippen molar-refractivity contribution in [2.75, 3.05) is 12.3 Å². The number of thioether (sulfide) groups is 2. The molecule has 1 heterocycles. The maximum absolute atomic E-state index is 13.9. The van der Waals surface area contributed by atoms with E-state index < -0.39 is 0 Å². The third-order valence-electron chi connectivity index (χ3n) is 4.08. The first kappa shape index (κ1) is 17.2. The SMILES string of the molecule is CCCNC(Cc1ccccc1F)C1CSC(C)C(C)S1. The molecule has 4 atom stereocenters. The van der Waals surface area contributed by atoms with Gasteiger partial charge in [0.2, 0.25) is 0 Å². The lowest BCUT2D eigenvalue weighted by Crippen LogP contribution is -2.45. The molecule has 1 aromatic carbocycles. The molecule has 0 bridgehead atoms. The number of hydrogen-bond donors (Lipinski definition) is 1. The van der Waals surface area contributed by atoms with Crippen molar-refractivity contribution in [2.24, 2.45) is 0 Å². The van der Waals surface area contributed by atoms with E-state index in [1.54, 1.807) is 12.1 Å². The maximum Gasteiger partial charge on any atom is 0.126 e. The quantitative estimate of drug-likeness (QED) is 0.833. The first-order valence-electron chi connectivity index (χ1n) is 7.85. The number of halogens is 1. The van der Waals surface area contributed by atoms with Gasteiger partial charge < -0.3 is 5.32 Å². The van der Waals surface area contributed by atoms with E-state index in [0.717, 1.165) is 30.7 Å². The Balaban J connectivity index is 2.05. The first-order valence-corrected chi connectivity index (χ1v) is 9.84. The van der Waals surface area contributed by atoms with Gasteiger partial charge in [-0.2, -0.15) is 23.5 Å². The molecule has 1 aromatic rings. The predicted molar refractivity (Wildman–Crippen MR) is 94.9 cm³/mol. The average Bonchev–Trinajstić information content (AvgIpc) is 2.48. The van der Waals surface area contributed by atoms with Crippen molar-refractivity contribution in [1.82, 2.24) is 5.32 Å². The van der Waals surface area contributed by atoms with Crippen molar-refractivity contribution in [3.8, 4) is 0 Å². The molecule has 1 fully saturated rings. The van der Waals surface area contributed by atoms with Gasteiger partial charge in [-0.25, -0.2) is 4.39 Å². The highest BCUT2D eigenvalue weighted by Crippen LogP contribution is 2.37. The van der Waals surface area contributed by atoms with Crippen LogP contribution in [0, 0.1) is 5.82 Å². The summed E-state index contributed by atoms with van der Waals surface area (Å²) in [5, 5.41) is 5.59. The van der Waals surface area contributed by atoms with Crippen molar-refractivity contribution in [1.29, 1.82) is 0 Å². The molecule has 0 spiro atoms. The Morgan fingerprint density at radius 1 is 1.29 bits per heavy atom. The van der Waals surface area contributed by atoms with Gasteiger partial charge in [-0.3, -0.25) is 0 Å². The largest absolute Gasteiger partial charge is 0.313 e. The number of rotatable bonds is 6. The Hall–Kier alpha value is -0.190. The number of nitrogens with one attached hydrogen (secondary N) is 1. The lowest BCUT2D eigenvalue weighted by atomic mass is 10.0. The molecule has 4 heteroatoms. The molecule has 1 saturated heterocycles. The minimum atomic E-state index is -0.0734. The Labute approximate surface area is 136 Å². The first-order chi connectivity index (χ1) is 10.1. The number of benzene rings is 1. The van der Waals surface area contributed by atoms with Crippen LogP contribution in [-0.2, 0) is 6.42 Å². The van der Waals surface area contributed by atoms with Crippen LogP contribution >= 0.6 is 23.5 Å². The van der Waals surface area contributed by atoms with Crippen LogP contribution in [0.15, 0.2) is 24.3 Å². The smallest absolute Gasteiger partial charge is 0.126 e. The van der Waals surface area contributed by atoms with Gasteiger partial charge in [-0.1, -0.05) is 39.0 Å². The second-order valence-electron chi connectivity index (χ2n) is 5.77. The molecule has 2 rings (SSSR count). The fraction of sp³-hybridized carbons (Fsp3) is 0.647. The van der Waals surface area contributed by atoms with Crippen molar-refractivity contribution in [3.63, 3.8) is 0 Å². The molecule has 118 valence electrons. The van der Waals surface area contributed by atoms with E-state index >= 15 is 0 Å². The third-order valence-corrected chi connectivity index (χ3v) is 7.63. The van der Waals surface area contributed by atoms with Gasteiger partial charge in [-0.15, -0.1) is 0 Å². The standard InChI is InChI=1S/C17H26FNS2/c1-4-9-19-16(10-14-7-5-6-8-15(14)18)17-11-20-12(2)13(3)21-17/h5-8,12-13,16-17,19H,4,9-11H2,1-3H3. The predicted octanol–water partition coefficient (Wildman–Crippen LogP) is 4.36. The molecule has 0 radical (unpaired) electrons. The lowest BCUT2D eigenvalue weighted by molar-refractivity contribution is 0.491. The van der Waals surface area contributed by atoms with Crippen LogP contribution < -0.4 is 5.32 Å². The van der Waals surface area contributed by atoms with Gasteiger partial charge in [0.15, 0.2) is 0 Å². The van der Waals surface area contributed by atoms with E-state index in [9.17, 15) is 4.39 Å². The van der Waals surface area contributed by atoms with Crippen LogP contribution in [0.25, 0.3) is 0 Å². The van der Waals surface area contributed by atoms with E-state index in [2.05, 4.69) is 49.6 Å². The summed E-state index contributed by atoms with van der Waals surface area (Å²) in [6.45, 7) is 7.81. The Morgan fingerprint density at radius 2 is 2.05 bits per heavy atom. The zero-order valence-corrected chi connectivity index (χ0v) is 14.8. The molecule has 1 aliphatic rings. The Kier molecular flexibility index (Phi) is 6.90. The van der Waals surface area contributed by atoms with Crippen molar-refractivity contribution >= 4 is 23.5 Å². The molecule has 1 aliphatic heterocycles. The molecule has 0 aliphatic carbocycles. The van der Waals surface area contributed by atoms with Crippen LogP contribution in [0.3, 0.4) is 0 Å². The molecule has 0 aromatic heterocycles. The Morgan fingerprint density at radius 3 is 2.71 bits per heavy atom. The number of hydrogen-bond acceptors (Lipinski definition) is 3. The minimum Gasteiger partial charge on any atom is -0.313 e. The topological polar surface area (TPSA) is 12.0 Å². The summed E-state index contributed by atoms with van der Waals surface area (Å²) >= 11 is 4.13. The lowest BCUT2D eigenvalue weighted by Gasteiger charge is -2.36. The molecule has 4 unspecified atom stereocenters. The molecule has 21 heavy (non-hydrogen) atoms. The van der Waals surface area contributed by atoms with Crippen molar-refractivity contribution < 1.29 is 4.39 Å². The van der Waals surface area contributed by atoms with Gasteiger partial charge in [-0.05, 0) is 31.0 Å². The van der Waals surface area contributed by atoms with E-state index in [-0.39, 0.29) is 5.82 Å². The van der Waals surface area contributed by atoms with Crippen LogP contribution in [0.2, 0.25) is 0 Å². The molecule has 0 saturated carbocycles. The fourth-order valence-corrected chi connectivity index (χ4v) is 5.71. The second kappa shape index (κ2) is 8.44. The van der Waals surface area contributed by atoms with Gasteiger partial charge >= 0.3 is 0 Å². The van der Waals surface area contributed by atoms with Crippen LogP contribution in [-0.4, -0.2) is 34.1 Å². The maximum atomic E-state index is 13.9. The highest BCUT2D eigenvalue weighted by Gasteiger charge is 2.31. The average molecular weight is 328 g/mol. The summed E-state index contributed by atoms with van der Waals surface area (Å²) < 4.78 is 13.9. The third kappa shape index (κ3) is 4.90. The van der Waals surface area contributed by atoms with Gasteiger partial charge in [0.25, 0.3) is 0 Å². The monoisotopic (exact) mass is 327 g/mol. The molecular weight excluding hydrogens is 301 g/mol. The van der Waals surface area contributed by atoms with Crippen molar-refractivity contribution in [2.45, 2.75) is 55.4 Å². The summed E-state index contributed by atoms with van der Waals surface area (Å²) in [4.78, 5) is 0. The summed E-state index contributed by atoms with van der Waals surface area (Å²) in [6, 6.07) is 7.54. The zero-order valence-electron chi connectivity index (χ0n) is 13.1. The molecule has 1 nitrogen and oxygen atoms in total. The normalized spacial score (nSPS) is 27.5. The summed E-state index contributed by atoms with van der Waals surface area (Å²) in [5.74, 6) is 1.09. The molecule has 0 amide bonds. The summed E-state index contributed by atoms with van der Waals surface area (Å²) in [6.07, 6.45) is 1.90. The van der Waals surface area contributed by atoms with Crippen molar-refractivity contribution in [3.05, 3.63) is 35.6 Å². The van der Waals surface area contributed by atoms with Crippen LogP contribution in [0.5, 0.6) is 0 Å². The highest BCUT2D eigenvalue weighted by molar-refractivity contribution is 8.07.